The van der Waals surface area contributed by atoms with E-state index in [1.807, 2.05) is 20.8 Å². The Hall–Kier alpha value is -3.76. The lowest BCUT2D eigenvalue weighted by Crippen LogP contribution is -2.37. The van der Waals surface area contributed by atoms with Crippen LogP contribution in [0.15, 0.2) is 42.6 Å². The minimum Gasteiger partial charge on any atom is -0.391 e. The zero-order chi connectivity index (χ0) is 30.8. The number of hydrogen-bond acceptors (Lipinski definition) is 6. The molecule has 1 heterocycles. The highest BCUT2D eigenvalue weighted by atomic mass is 19.1. The first kappa shape index (κ1) is 32.8. The van der Waals surface area contributed by atoms with Crippen LogP contribution in [0.1, 0.15) is 88.5 Å². The number of carbonyl (C=O) groups is 2. The van der Waals surface area contributed by atoms with Crippen molar-refractivity contribution in [1.29, 1.82) is 0 Å². The zero-order valence-corrected chi connectivity index (χ0v) is 24.8. The first-order valence-corrected chi connectivity index (χ1v) is 14.5. The molecule has 4 N–H and O–H groups in total. The summed E-state index contributed by atoms with van der Waals surface area (Å²) in [7, 11) is 0. The van der Waals surface area contributed by atoms with Gasteiger partial charge in [0.1, 0.15) is 17.5 Å². The Labute approximate surface area is 246 Å². The van der Waals surface area contributed by atoms with Gasteiger partial charge in [-0.25, -0.2) is 18.7 Å². The maximum absolute atomic E-state index is 14.2. The van der Waals surface area contributed by atoms with Crippen molar-refractivity contribution < 1.29 is 23.5 Å². The number of amides is 2. The van der Waals surface area contributed by atoms with E-state index in [0.717, 1.165) is 24.6 Å². The predicted octanol–water partition coefficient (Wildman–Crippen LogP) is 4.46. The number of nitrogens with two attached hydrogens (primary N) is 1. The maximum atomic E-state index is 14.2. The van der Waals surface area contributed by atoms with Gasteiger partial charge in [0.15, 0.2) is 0 Å². The molecule has 0 saturated carbocycles. The number of primary amides is 1. The van der Waals surface area contributed by atoms with E-state index < -0.39 is 29.6 Å². The lowest BCUT2D eigenvalue weighted by molar-refractivity contribution is 0.0751. The topological polar surface area (TPSA) is 121 Å². The minimum atomic E-state index is -1.16. The minimum absolute atomic E-state index is 0.0429. The van der Waals surface area contributed by atoms with Crippen LogP contribution in [0.25, 0.3) is 0 Å². The number of aliphatic hydroxyl groups excluding tert-OH is 1. The van der Waals surface area contributed by atoms with Gasteiger partial charge in [-0.1, -0.05) is 20.8 Å². The van der Waals surface area contributed by atoms with E-state index in [-0.39, 0.29) is 41.1 Å². The third-order valence-corrected chi connectivity index (χ3v) is 7.05. The smallest absolute Gasteiger partial charge is 0.254 e. The van der Waals surface area contributed by atoms with Crippen molar-refractivity contribution in [2.24, 2.45) is 5.73 Å². The Morgan fingerprint density at radius 2 is 1.67 bits per heavy atom. The lowest BCUT2D eigenvalue weighted by Gasteiger charge is -2.30. The summed E-state index contributed by atoms with van der Waals surface area (Å²) in [6.45, 7) is 9.05. The summed E-state index contributed by atoms with van der Waals surface area (Å²) < 4.78 is 28.4. The number of rotatable bonds is 15. The highest BCUT2D eigenvalue weighted by molar-refractivity contribution is 6.02. The van der Waals surface area contributed by atoms with Crippen LogP contribution in [0.5, 0.6) is 0 Å². The fraction of sp³-hybridized carbons (Fsp3) is 0.438. The van der Waals surface area contributed by atoms with Gasteiger partial charge in [0.2, 0.25) is 5.91 Å². The van der Waals surface area contributed by atoms with Gasteiger partial charge in [-0.15, -0.1) is 0 Å². The number of aromatic nitrogens is 2. The third-order valence-electron chi connectivity index (χ3n) is 7.05. The van der Waals surface area contributed by atoms with E-state index in [9.17, 15) is 23.5 Å². The van der Waals surface area contributed by atoms with E-state index in [4.69, 9.17) is 5.73 Å². The molecule has 42 heavy (non-hydrogen) atoms. The molecular weight excluding hydrogens is 540 g/mol. The molecule has 10 heteroatoms. The summed E-state index contributed by atoms with van der Waals surface area (Å²) in [5, 5.41) is 14.8. The van der Waals surface area contributed by atoms with Gasteiger partial charge in [0.25, 0.3) is 5.91 Å². The van der Waals surface area contributed by atoms with Crippen LogP contribution in [0, 0.1) is 18.6 Å². The number of benzene rings is 2. The average Bonchev–Trinajstić information content (AvgIpc) is 2.94. The van der Waals surface area contributed by atoms with Gasteiger partial charge >= 0.3 is 0 Å². The molecule has 8 nitrogen and oxygen atoms in total. The molecule has 0 bridgehead atoms. The van der Waals surface area contributed by atoms with Gasteiger partial charge < -0.3 is 21.1 Å². The molecule has 0 aliphatic carbocycles. The summed E-state index contributed by atoms with van der Waals surface area (Å²) in [5.74, 6) is -2.79. The molecule has 0 aliphatic rings. The van der Waals surface area contributed by atoms with Crippen LogP contribution in [-0.2, 0) is 19.4 Å². The van der Waals surface area contributed by atoms with Crippen LogP contribution in [-0.4, -0.2) is 57.5 Å². The molecule has 0 radical (unpaired) electrons. The Bertz CT molecular complexity index is 1360. The number of nitrogens with zero attached hydrogens (tertiary/aromatic N) is 3. The van der Waals surface area contributed by atoms with Gasteiger partial charge in [0.05, 0.1) is 11.8 Å². The fourth-order valence-electron chi connectivity index (χ4n) is 5.22. The van der Waals surface area contributed by atoms with Crippen LogP contribution < -0.4 is 11.1 Å². The second-order valence-electron chi connectivity index (χ2n) is 10.5. The number of aliphatic hydroxyl groups is 1. The second kappa shape index (κ2) is 15.5. The highest BCUT2D eigenvalue weighted by Crippen LogP contribution is 2.33. The molecule has 3 rings (SSSR count). The Kier molecular flexibility index (Phi) is 12.1. The number of hydrogen-bond donors (Lipinski definition) is 3. The van der Waals surface area contributed by atoms with Crippen molar-refractivity contribution in [3.63, 3.8) is 0 Å². The Morgan fingerprint density at radius 3 is 2.26 bits per heavy atom. The molecule has 0 unspecified atom stereocenters. The van der Waals surface area contributed by atoms with E-state index in [2.05, 4.69) is 15.3 Å². The lowest BCUT2D eigenvalue weighted by atomic mass is 9.80. The summed E-state index contributed by atoms with van der Waals surface area (Å²) in [6, 6.07) is 8.18. The van der Waals surface area contributed by atoms with E-state index in [1.165, 1.54) is 12.1 Å². The molecule has 1 aromatic heterocycles. The van der Waals surface area contributed by atoms with Crippen molar-refractivity contribution in [1.82, 2.24) is 20.2 Å². The molecule has 0 spiro atoms. The summed E-state index contributed by atoms with van der Waals surface area (Å²) in [6.07, 6.45) is 2.60. The van der Waals surface area contributed by atoms with Crippen molar-refractivity contribution in [3.05, 3.63) is 93.6 Å². The van der Waals surface area contributed by atoms with Crippen LogP contribution in [0.3, 0.4) is 0 Å². The van der Waals surface area contributed by atoms with Crippen molar-refractivity contribution >= 4 is 11.8 Å². The number of halogens is 2. The van der Waals surface area contributed by atoms with Gasteiger partial charge in [-0.05, 0) is 73.2 Å². The van der Waals surface area contributed by atoms with E-state index >= 15 is 0 Å². The predicted molar refractivity (Wildman–Crippen MR) is 158 cm³/mol. The van der Waals surface area contributed by atoms with E-state index in [1.54, 1.807) is 36.2 Å². The molecule has 2 aromatic carbocycles. The van der Waals surface area contributed by atoms with E-state index in [0.29, 0.717) is 37.4 Å². The van der Waals surface area contributed by atoms with Crippen molar-refractivity contribution in [2.75, 3.05) is 19.6 Å². The van der Waals surface area contributed by atoms with Crippen LogP contribution in [0.4, 0.5) is 8.78 Å². The van der Waals surface area contributed by atoms with Crippen molar-refractivity contribution in [2.45, 2.75) is 71.9 Å². The summed E-state index contributed by atoms with van der Waals surface area (Å²) >= 11 is 0. The van der Waals surface area contributed by atoms with Crippen molar-refractivity contribution in [3.8, 4) is 0 Å². The Morgan fingerprint density at radius 1 is 1.02 bits per heavy atom. The van der Waals surface area contributed by atoms with Gasteiger partial charge in [0, 0.05) is 61.9 Å². The first-order valence-electron chi connectivity index (χ1n) is 14.5. The molecule has 0 aliphatic heterocycles. The molecule has 2 amide bonds. The SMILES string of the molecule is CCCN(CCC)C(=O)c1cc(C)cc(C(N)=O)c1[C@H](Cc1cc(F)cc(F)c1)[C@@H](O)CNCc1ccnc(CC)n1. The third kappa shape index (κ3) is 8.62. The van der Waals surface area contributed by atoms with Crippen LogP contribution in [0.2, 0.25) is 0 Å². The molecule has 226 valence electrons. The molecule has 2 atom stereocenters. The van der Waals surface area contributed by atoms with Gasteiger partial charge in [-0.3, -0.25) is 9.59 Å². The Balaban J connectivity index is 2.09. The molecule has 0 fully saturated rings. The quantitative estimate of drug-likeness (QED) is 0.244. The number of carbonyl (C=O) groups excluding carboxylic acids is 2. The monoisotopic (exact) mass is 581 g/mol. The maximum Gasteiger partial charge on any atom is 0.254 e. The second-order valence-corrected chi connectivity index (χ2v) is 10.5. The zero-order valence-electron chi connectivity index (χ0n) is 24.8. The fourth-order valence-corrected chi connectivity index (χ4v) is 5.22. The number of nitrogens with one attached hydrogen (secondary N) is 1. The first-order chi connectivity index (χ1) is 20.1. The normalized spacial score (nSPS) is 12.6. The molecule has 3 aromatic rings. The standard InChI is InChI=1S/C32H41F2N5O3/c1-5-10-39(11-6-2)32(42)27-13-20(4)12-26(31(35)41)30(27)25(16-21-14-22(33)17-23(34)15-21)28(40)19-36-18-24-8-9-37-29(7-3)38-24/h8-9,12-15,17,25,28,36,40H,5-7,10-11,16,18-19H2,1-4H3,(H2,35,41)/t25-,28+/m1/s1. The summed E-state index contributed by atoms with van der Waals surface area (Å²) in [4.78, 5) is 37.1. The average molecular weight is 582 g/mol. The van der Waals surface area contributed by atoms with Crippen LogP contribution >= 0.6 is 0 Å². The molecule has 0 saturated heterocycles. The van der Waals surface area contributed by atoms with Gasteiger partial charge in [-0.2, -0.15) is 0 Å². The highest BCUT2D eigenvalue weighted by Gasteiger charge is 2.32. The number of aryl methyl sites for hydroxylation is 2. The molecular formula is C32H41F2N5O3. The summed E-state index contributed by atoms with van der Waals surface area (Å²) in [5.41, 5.74) is 8.10. The largest absolute Gasteiger partial charge is 0.391 e.